The number of rotatable bonds is 2. The first-order valence-corrected chi connectivity index (χ1v) is 7.64. The van der Waals surface area contributed by atoms with E-state index in [9.17, 15) is 22.8 Å². The van der Waals surface area contributed by atoms with Crippen molar-refractivity contribution in [3.63, 3.8) is 0 Å². The van der Waals surface area contributed by atoms with Gasteiger partial charge < -0.3 is 0 Å². The van der Waals surface area contributed by atoms with Gasteiger partial charge in [-0.2, -0.15) is 13.2 Å². The van der Waals surface area contributed by atoms with Crippen LogP contribution in [-0.4, -0.2) is 26.6 Å². The van der Waals surface area contributed by atoms with E-state index >= 15 is 0 Å². The van der Waals surface area contributed by atoms with E-state index in [1.54, 1.807) is 24.3 Å². The molecule has 3 aromatic rings. The maximum absolute atomic E-state index is 12.7. The zero-order valence-electron chi connectivity index (χ0n) is 13.1. The highest BCUT2D eigenvalue weighted by Gasteiger charge is 2.35. The average molecular weight is 357 g/mol. The minimum Gasteiger partial charge on any atom is -0.287 e. The first-order chi connectivity index (χ1) is 12.4. The van der Waals surface area contributed by atoms with Crippen LogP contribution in [-0.2, 0) is 12.7 Å². The van der Waals surface area contributed by atoms with Gasteiger partial charge in [-0.3, -0.25) is 9.59 Å². The van der Waals surface area contributed by atoms with Crippen LogP contribution in [0, 0.1) is 0 Å². The molecule has 26 heavy (non-hydrogen) atoms. The molecular formula is C18H10F3N3O2. The van der Waals surface area contributed by atoms with Gasteiger partial charge in [0.05, 0.1) is 12.1 Å². The monoisotopic (exact) mass is 357 g/mol. The standard InChI is InChI=1S/C18H10F3N3O2/c19-18(20,21)11-7-5-10(6-8-11)9-24-15-14(22-23-24)16(25)12-3-1-2-4-13(12)17(15)26/h1-8H,9H2. The predicted octanol–water partition coefficient (Wildman–Crippen LogP) is 3.12. The van der Waals surface area contributed by atoms with Crippen LogP contribution in [0.4, 0.5) is 13.2 Å². The number of hydrogen-bond acceptors (Lipinski definition) is 4. The second-order valence-electron chi connectivity index (χ2n) is 5.84. The molecule has 0 aliphatic heterocycles. The van der Waals surface area contributed by atoms with E-state index in [-0.39, 0.29) is 34.8 Å². The third-order valence-corrected chi connectivity index (χ3v) is 4.20. The lowest BCUT2D eigenvalue weighted by Gasteiger charge is -2.14. The Bertz CT molecular complexity index is 1040. The molecule has 2 aromatic carbocycles. The number of halogens is 3. The molecule has 1 aliphatic carbocycles. The van der Waals surface area contributed by atoms with Crippen LogP contribution in [0.2, 0.25) is 0 Å². The predicted molar refractivity (Wildman–Crippen MR) is 83.9 cm³/mol. The Balaban J connectivity index is 1.70. The van der Waals surface area contributed by atoms with Gasteiger partial charge in [-0.05, 0) is 17.7 Å². The van der Waals surface area contributed by atoms with Gasteiger partial charge in [0.1, 0.15) is 5.69 Å². The number of carbonyl (C=O) groups is 2. The highest BCUT2D eigenvalue weighted by molar-refractivity contribution is 6.26. The van der Waals surface area contributed by atoms with Crippen LogP contribution in [0.1, 0.15) is 43.2 Å². The molecule has 130 valence electrons. The summed E-state index contributed by atoms with van der Waals surface area (Å²) in [6.45, 7) is 0.0294. The fourth-order valence-electron chi connectivity index (χ4n) is 2.91. The van der Waals surface area contributed by atoms with Gasteiger partial charge in [0, 0.05) is 11.1 Å². The summed E-state index contributed by atoms with van der Waals surface area (Å²) in [7, 11) is 0. The topological polar surface area (TPSA) is 64.8 Å². The summed E-state index contributed by atoms with van der Waals surface area (Å²) in [6, 6.07) is 10.9. The fourth-order valence-corrected chi connectivity index (χ4v) is 2.91. The smallest absolute Gasteiger partial charge is 0.287 e. The SMILES string of the molecule is O=C1c2ccccc2C(=O)c2c1nnn2Cc1ccc(C(F)(F)F)cc1. The van der Waals surface area contributed by atoms with Crippen LogP contribution in [0.15, 0.2) is 48.5 Å². The van der Waals surface area contributed by atoms with Crippen LogP contribution in [0.5, 0.6) is 0 Å². The molecule has 1 heterocycles. The van der Waals surface area contributed by atoms with Crippen molar-refractivity contribution in [2.24, 2.45) is 0 Å². The molecule has 0 N–H and O–H groups in total. The lowest BCUT2D eigenvalue weighted by molar-refractivity contribution is -0.137. The molecule has 8 heteroatoms. The van der Waals surface area contributed by atoms with Gasteiger partial charge in [0.15, 0.2) is 5.69 Å². The number of benzene rings is 2. The van der Waals surface area contributed by atoms with Crippen LogP contribution in [0.3, 0.4) is 0 Å². The second kappa shape index (κ2) is 5.62. The molecule has 0 radical (unpaired) electrons. The normalized spacial score (nSPS) is 13.5. The van der Waals surface area contributed by atoms with Crippen molar-refractivity contribution in [2.75, 3.05) is 0 Å². The molecule has 0 saturated heterocycles. The van der Waals surface area contributed by atoms with Gasteiger partial charge in [0.2, 0.25) is 11.6 Å². The molecule has 0 bridgehead atoms. The minimum absolute atomic E-state index is 0.0294. The average Bonchev–Trinajstić information content (AvgIpc) is 3.03. The van der Waals surface area contributed by atoms with E-state index in [0.717, 1.165) is 12.1 Å². The molecule has 1 aliphatic rings. The van der Waals surface area contributed by atoms with Gasteiger partial charge >= 0.3 is 6.18 Å². The van der Waals surface area contributed by atoms with Crippen molar-refractivity contribution in [1.82, 2.24) is 15.0 Å². The molecule has 0 fully saturated rings. The van der Waals surface area contributed by atoms with Crippen molar-refractivity contribution in [1.29, 1.82) is 0 Å². The maximum atomic E-state index is 12.7. The van der Waals surface area contributed by atoms with E-state index in [0.29, 0.717) is 5.56 Å². The zero-order valence-corrected chi connectivity index (χ0v) is 13.1. The quantitative estimate of drug-likeness (QED) is 0.553. The molecule has 5 nitrogen and oxygen atoms in total. The van der Waals surface area contributed by atoms with Crippen LogP contribution >= 0.6 is 0 Å². The van der Waals surface area contributed by atoms with Crippen molar-refractivity contribution < 1.29 is 22.8 Å². The van der Waals surface area contributed by atoms with Crippen LogP contribution in [0.25, 0.3) is 0 Å². The van der Waals surface area contributed by atoms with E-state index in [1.807, 2.05) is 0 Å². The summed E-state index contributed by atoms with van der Waals surface area (Å²) in [5.41, 5.74) is 0.286. The number of carbonyl (C=O) groups excluding carboxylic acids is 2. The Kier molecular flexibility index (Phi) is 3.50. The third-order valence-electron chi connectivity index (χ3n) is 4.20. The van der Waals surface area contributed by atoms with Gasteiger partial charge in [-0.1, -0.05) is 41.6 Å². The zero-order chi connectivity index (χ0) is 18.5. The van der Waals surface area contributed by atoms with E-state index < -0.39 is 17.5 Å². The Labute approximate surface area is 145 Å². The second-order valence-corrected chi connectivity index (χ2v) is 5.84. The molecule has 0 unspecified atom stereocenters. The summed E-state index contributed by atoms with van der Waals surface area (Å²) in [5, 5.41) is 7.65. The summed E-state index contributed by atoms with van der Waals surface area (Å²) in [6.07, 6.45) is -4.42. The summed E-state index contributed by atoms with van der Waals surface area (Å²) >= 11 is 0. The Morgan fingerprint density at radius 1 is 0.885 bits per heavy atom. The number of fused-ring (bicyclic) bond motifs is 2. The van der Waals surface area contributed by atoms with Gasteiger partial charge in [0.25, 0.3) is 0 Å². The number of hydrogen-bond donors (Lipinski definition) is 0. The summed E-state index contributed by atoms with van der Waals surface area (Å²) in [4.78, 5) is 25.2. The fraction of sp³-hybridized carbons (Fsp3) is 0.111. The Morgan fingerprint density at radius 2 is 1.50 bits per heavy atom. The Morgan fingerprint density at radius 3 is 2.12 bits per heavy atom. The third kappa shape index (κ3) is 2.50. The Hall–Kier alpha value is -3.29. The highest BCUT2D eigenvalue weighted by Crippen LogP contribution is 2.30. The van der Waals surface area contributed by atoms with Crippen molar-refractivity contribution >= 4 is 11.6 Å². The van der Waals surface area contributed by atoms with Crippen molar-refractivity contribution in [3.05, 3.63) is 82.2 Å². The molecule has 0 saturated carbocycles. The molecule has 0 spiro atoms. The number of alkyl halides is 3. The van der Waals surface area contributed by atoms with E-state index in [4.69, 9.17) is 0 Å². The summed E-state index contributed by atoms with van der Waals surface area (Å²) < 4.78 is 39.2. The summed E-state index contributed by atoms with van der Waals surface area (Å²) in [5.74, 6) is -0.777. The lowest BCUT2D eigenvalue weighted by Crippen LogP contribution is -2.23. The molecule has 1 aromatic heterocycles. The molecule has 0 atom stereocenters. The first kappa shape index (κ1) is 16.2. The maximum Gasteiger partial charge on any atom is 0.416 e. The van der Waals surface area contributed by atoms with Gasteiger partial charge in [-0.15, -0.1) is 5.10 Å². The molecular weight excluding hydrogens is 347 g/mol. The molecule has 0 amide bonds. The number of aromatic nitrogens is 3. The van der Waals surface area contributed by atoms with E-state index in [2.05, 4.69) is 10.3 Å². The lowest BCUT2D eigenvalue weighted by atomic mass is 9.90. The number of ketones is 2. The first-order valence-electron chi connectivity index (χ1n) is 7.64. The largest absolute Gasteiger partial charge is 0.416 e. The highest BCUT2D eigenvalue weighted by atomic mass is 19.4. The van der Waals surface area contributed by atoms with Crippen molar-refractivity contribution in [3.8, 4) is 0 Å². The van der Waals surface area contributed by atoms with Crippen molar-refractivity contribution in [2.45, 2.75) is 12.7 Å². The minimum atomic E-state index is -4.42. The molecule has 4 rings (SSSR count). The van der Waals surface area contributed by atoms with Crippen LogP contribution < -0.4 is 0 Å². The van der Waals surface area contributed by atoms with Gasteiger partial charge in [-0.25, -0.2) is 4.68 Å². The number of nitrogens with zero attached hydrogens (tertiary/aromatic N) is 3. The van der Waals surface area contributed by atoms with E-state index in [1.165, 1.54) is 16.8 Å².